The maximum Gasteiger partial charge on any atom is 0.122 e. The van der Waals surface area contributed by atoms with E-state index in [4.69, 9.17) is 15.2 Å². The van der Waals surface area contributed by atoms with Crippen LogP contribution in [0.3, 0.4) is 0 Å². The number of anilines is 1. The summed E-state index contributed by atoms with van der Waals surface area (Å²) in [5.41, 5.74) is 8.10. The second kappa shape index (κ2) is 7.36. The maximum atomic E-state index is 5.56. The summed E-state index contributed by atoms with van der Waals surface area (Å²) < 4.78 is 10.8. The number of hydrogen-bond acceptors (Lipinski definition) is 4. The number of ether oxygens (including phenoxy) is 2. The van der Waals surface area contributed by atoms with Crippen molar-refractivity contribution in [2.75, 3.05) is 44.9 Å². The van der Waals surface area contributed by atoms with E-state index in [1.807, 2.05) is 0 Å². The van der Waals surface area contributed by atoms with Crippen LogP contribution in [0.25, 0.3) is 0 Å². The van der Waals surface area contributed by atoms with E-state index in [0.717, 1.165) is 57.9 Å². The minimum absolute atomic E-state index is 0.755. The molecule has 2 rings (SSSR count). The number of aryl methyl sites for hydroxylation is 1. The van der Waals surface area contributed by atoms with Crippen molar-refractivity contribution in [3.63, 3.8) is 0 Å². The van der Waals surface area contributed by atoms with E-state index in [1.165, 1.54) is 11.3 Å². The normalized spacial score (nSPS) is 15.6. The molecule has 1 aliphatic rings. The Bertz CT molecular complexity index is 390. The Labute approximate surface area is 115 Å². The number of nitrogens with zero attached hydrogens (tertiary/aromatic N) is 1. The fraction of sp³-hybridized carbons (Fsp3) is 0.600. The summed E-state index contributed by atoms with van der Waals surface area (Å²) >= 11 is 0. The van der Waals surface area contributed by atoms with Gasteiger partial charge in [-0.3, -0.25) is 0 Å². The summed E-state index contributed by atoms with van der Waals surface area (Å²) in [6, 6.07) is 6.46. The lowest BCUT2D eigenvalue weighted by Crippen LogP contribution is -2.36. The topological polar surface area (TPSA) is 47.7 Å². The van der Waals surface area contributed by atoms with Crippen molar-refractivity contribution < 1.29 is 9.47 Å². The molecule has 1 saturated heterocycles. The van der Waals surface area contributed by atoms with Crippen LogP contribution in [0.5, 0.6) is 5.75 Å². The van der Waals surface area contributed by atoms with Crippen LogP contribution < -0.4 is 15.4 Å². The zero-order chi connectivity index (χ0) is 13.5. The van der Waals surface area contributed by atoms with Gasteiger partial charge < -0.3 is 20.1 Å². The van der Waals surface area contributed by atoms with Gasteiger partial charge in [0.25, 0.3) is 0 Å². The van der Waals surface area contributed by atoms with Gasteiger partial charge in [0.05, 0.1) is 20.3 Å². The zero-order valence-corrected chi connectivity index (χ0v) is 11.7. The Hall–Kier alpha value is -1.26. The average molecular weight is 264 g/mol. The quantitative estimate of drug-likeness (QED) is 0.796. The molecule has 0 unspecified atom stereocenters. The highest BCUT2D eigenvalue weighted by molar-refractivity contribution is 5.53. The minimum atomic E-state index is 0.755. The van der Waals surface area contributed by atoms with Crippen molar-refractivity contribution in [1.29, 1.82) is 0 Å². The molecule has 1 fully saturated rings. The molecule has 0 radical (unpaired) electrons. The lowest BCUT2D eigenvalue weighted by atomic mass is 10.1. The second-order valence-corrected chi connectivity index (χ2v) is 4.84. The van der Waals surface area contributed by atoms with Crippen molar-refractivity contribution in [1.82, 2.24) is 0 Å². The van der Waals surface area contributed by atoms with E-state index in [9.17, 15) is 0 Å². The fourth-order valence-corrected chi connectivity index (χ4v) is 2.44. The van der Waals surface area contributed by atoms with Crippen molar-refractivity contribution in [3.05, 3.63) is 23.8 Å². The predicted octanol–water partition coefficient (Wildman–Crippen LogP) is 1.81. The van der Waals surface area contributed by atoms with E-state index < -0.39 is 0 Å². The van der Waals surface area contributed by atoms with Gasteiger partial charge in [-0.25, -0.2) is 0 Å². The number of nitrogens with two attached hydrogens (primary N) is 1. The van der Waals surface area contributed by atoms with Gasteiger partial charge >= 0.3 is 0 Å². The molecule has 1 heterocycles. The SMILES string of the molecule is COc1ccc(N2CCOCC2)cc1CCCCN. The number of methoxy groups -OCH3 is 1. The van der Waals surface area contributed by atoms with E-state index in [1.54, 1.807) is 7.11 Å². The average Bonchev–Trinajstić information content (AvgIpc) is 2.48. The number of rotatable bonds is 6. The molecule has 0 aliphatic carbocycles. The molecule has 2 N–H and O–H groups in total. The van der Waals surface area contributed by atoms with Crippen LogP contribution >= 0.6 is 0 Å². The Morgan fingerprint density at radius 1 is 1.26 bits per heavy atom. The molecule has 0 bridgehead atoms. The Morgan fingerprint density at radius 3 is 2.74 bits per heavy atom. The molecule has 106 valence electrons. The molecule has 0 amide bonds. The van der Waals surface area contributed by atoms with Gasteiger partial charge in [-0.05, 0) is 49.6 Å². The first-order valence-electron chi connectivity index (χ1n) is 7.05. The first-order valence-corrected chi connectivity index (χ1v) is 7.05. The Morgan fingerprint density at radius 2 is 2.05 bits per heavy atom. The van der Waals surface area contributed by atoms with Gasteiger partial charge in [-0.2, -0.15) is 0 Å². The standard InChI is InChI=1S/C15H24N2O2/c1-18-15-6-5-14(17-8-10-19-11-9-17)12-13(15)4-2-3-7-16/h5-6,12H,2-4,7-11,16H2,1H3. The summed E-state index contributed by atoms with van der Waals surface area (Å²) in [4.78, 5) is 2.37. The Kier molecular flexibility index (Phi) is 5.48. The van der Waals surface area contributed by atoms with E-state index in [0.29, 0.717) is 0 Å². The third-order valence-corrected chi connectivity index (χ3v) is 3.54. The second-order valence-electron chi connectivity index (χ2n) is 4.84. The van der Waals surface area contributed by atoms with Gasteiger partial charge in [0.15, 0.2) is 0 Å². The molecule has 0 aromatic heterocycles. The maximum absolute atomic E-state index is 5.56. The van der Waals surface area contributed by atoms with E-state index >= 15 is 0 Å². The van der Waals surface area contributed by atoms with Crippen LogP contribution in [0.1, 0.15) is 18.4 Å². The third kappa shape index (κ3) is 3.85. The molecular formula is C15H24N2O2. The van der Waals surface area contributed by atoms with Crippen LogP contribution in [0.15, 0.2) is 18.2 Å². The van der Waals surface area contributed by atoms with Gasteiger partial charge in [-0.15, -0.1) is 0 Å². The first kappa shape index (κ1) is 14.2. The highest BCUT2D eigenvalue weighted by atomic mass is 16.5. The predicted molar refractivity (Wildman–Crippen MR) is 78.0 cm³/mol. The number of morpholine rings is 1. The van der Waals surface area contributed by atoms with Crippen LogP contribution in [0.4, 0.5) is 5.69 Å². The molecule has 4 heteroatoms. The van der Waals surface area contributed by atoms with Gasteiger partial charge in [0, 0.05) is 18.8 Å². The van der Waals surface area contributed by atoms with Crippen LogP contribution in [0, 0.1) is 0 Å². The zero-order valence-electron chi connectivity index (χ0n) is 11.7. The molecule has 19 heavy (non-hydrogen) atoms. The number of benzene rings is 1. The highest BCUT2D eigenvalue weighted by Gasteiger charge is 2.13. The van der Waals surface area contributed by atoms with Crippen molar-refractivity contribution >= 4 is 5.69 Å². The molecule has 1 aromatic carbocycles. The summed E-state index contributed by atoms with van der Waals surface area (Å²) in [6.45, 7) is 4.32. The summed E-state index contributed by atoms with van der Waals surface area (Å²) in [5.74, 6) is 0.981. The Balaban J connectivity index is 2.09. The molecular weight excluding hydrogens is 240 g/mol. The first-order chi connectivity index (χ1) is 9.35. The lowest BCUT2D eigenvalue weighted by Gasteiger charge is -2.29. The van der Waals surface area contributed by atoms with E-state index in [-0.39, 0.29) is 0 Å². The van der Waals surface area contributed by atoms with Crippen molar-refractivity contribution in [2.24, 2.45) is 5.73 Å². The van der Waals surface area contributed by atoms with E-state index in [2.05, 4.69) is 23.1 Å². The molecule has 1 aromatic rings. The lowest BCUT2D eigenvalue weighted by molar-refractivity contribution is 0.122. The smallest absolute Gasteiger partial charge is 0.122 e. The molecule has 4 nitrogen and oxygen atoms in total. The number of hydrogen-bond donors (Lipinski definition) is 1. The summed E-state index contributed by atoms with van der Waals surface area (Å²) in [5, 5.41) is 0. The van der Waals surface area contributed by atoms with Crippen LogP contribution in [-0.4, -0.2) is 40.0 Å². The van der Waals surface area contributed by atoms with Crippen LogP contribution in [-0.2, 0) is 11.2 Å². The molecule has 0 spiro atoms. The largest absolute Gasteiger partial charge is 0.496 e. The van der Waals surface area contributed by atoms with Gasteiger partial charge in [0.1, 0.15) is 5.75 Å². The summed E-state index contributed by atoms with van der Waals surface area (Å²) in [6.07, 6.45) is 3.20. The van der Waals surface area contributed by atoms with Gasteiger partial charge in [0.2, 0.25) is 0 Å². The minimum Gasteiger partial charge on any atom is -0.496 e. The molecule has 1 aliphatic heterocycles. The van der Waals surface area contributed by atoms with Crippen molar-refractivity contribution in [2.45, 2.75) is 19.3 Å². The van der Waals surface area contributed by atoms with Crippen molar-refractivity contribution in [3.8, 4) is 5.75 Å². The van der Waals surface area contributed by atoms with Crippen LogP contribution in [0.2, 0.25) is 0 Å². The summed E-state index contributed by atoms with van der Waals surface area (Å²) in [7, 11) is 1.73. The molecule has 0 saturated carbocycles. The fourth-order valence-electron chi connectivity index (χ4n) is 2.44. The molecule has 0 atom stereocenters. The monoisotopic (exact) mass is 264 g/mol. The number of unbranched alkanes of at least 4 members (excludes halogenated alkanes) is 1. The van der Waals surface area contributed by atoms with Gasteiger partial charge in [-0.1, -0.05) is 0 Å². The highest BCUT2D eigenvalue weighted by Crippen LogP contribution is 2.27. The third-order valence-electron chi connectivity index (χ3n) is 3.54.